The number of hydrogen-bond donors (Lipinski definition) is 0. The van der Waals surface area contributed by atoms with Gasteiger partial charge in [-0.15, -0.1) is 35.7 Å². The van der Waals surface area contributed by atoms with Gasteiger partial charge in [0.2, 0.25) is 5.82 Å². The van der Waals surface area contributed by atoms with Crippen LogP contribution in [-0.4, -0.2) is 19.3 Å². The Morgan fingerprint density at radius 2 is 1.33 bits per heavy atom. The van der Waals surface area contributed by atoms with E-state index >= 15 is 8.78 Å². The molecule has 7 rings (SSSR count). The fraction of sp³-hybridized carbons (Fsp3) is 0.220. The fourth-order valence-corrected chi connectivity index (χ4v) is 6.42. The van der Waals surface area contributed by atoms with E-state index in [0.29, 0.717) is 11.4 Å². The van der Waals surface area contributed by atoms with Crippen molar-refractivity contribution in [1.29, 1.82) is 0 Å². The third-order valence-corrected chi connectivity index (χ3v) is 8.65. The van der Waals surface area contributed by atoms with E-state index in [4.69, 9.17) is 9.84 Å². The minimum atomic E-state index is -2.22. The Balaban J connectivity index is 0.00000464. The van der Waals surface area contributed by atoms with Crippen LogP contribution in [0, 0.1) is 48.1 Å². The Labute approximate surface area is 312 Å². The zero-order chi connectivity index (χ0) is 36.6. The van der Waals surface area contributed by atoms with Gasteiger partial charge >= 0.3 is 21.1 Å². The van der Waals surface area contributed by atoms with Crippen molar-refractivity contribution in [2.75, 3.05) is 0 Å². The summed E-state index contributed by atoms with van der Waals surface area (Å²) in [4.78, 5) is 4.62. The zero-order valence-electron chi connectivity index (χ0n) is 29.3. The van der Waals surface area contributed by atoms with E-state index in [9.17, 15) is 13.2 Å². The van der Waals surface area contributed by atoms with Crippen LogP contribution >= 0.6 is 0 Å². The van der Waals surface area contributed by atoms with Crippen LogP contribution in [-0.2, 0) is 31.9 Å². The molecular formula is C41H33F5N4OPt. The van der Waals surface area contributed by atoms with Gasteiger partial charge in [0.1, 0.15) is 5.82 Å². The van der Waals surface area contributed by atoms with Gasteiger partial charge in [-0.05, 0) is 41.8 Å². The SMILES string of the molecule is Cc1ccnc(-n2c3[c-]c(Oc4[c-]c(-n5nc(C(C)(C)C)c(-c6c(F)c(F)c(F)c(F)c6F)c5C(C)(C)C)ccc4)ccc3c3ccccc32)c1.[Pt+2]. The summed E-state index contributed by atoms with van der Waals surface area (Å²) in [6.45, 7) is 12.6. The smallest absolute Gasteiger partial charge is 0.509 e. The third kappa shape index (κ3) is 6.21. The van der Waals surface area contributed by atoms with Crippen molar-refractivity contribution >= 4 is 21.8 Å². The van der Waals surface area contributed by atoms with Crippen molar-refractivity contribution < 1.29 is 47.8 Å². The zero-order valence-corrected chi connectivity index (χ0v) is 31.6. The molecule has 0 spiro atoms. The molecule has 4 aromatic carbocycles. The van der Waals surface area contributed by atoms with Crippen LogP contribution in [0.4, 0.5) is 22.0 Å². The molecule has 0 unspecified atom stereocenters. The summed E-state index contributed by atoms with van der Waals surface area (Å²) in [7, 11) is 0. The van der Waals surface area contributed by atoms with Crippen LogP contribution in [0.3, 0.4) is 0 Å². The Hall–Kier alpha value is -4.82. The van der Waals surface area contributed by atoms with Gasteiger partial charge in [0, 0.05) is 39.6 Å². The van der Waals surface area contributed by atoms with Crippen LogP contribution in [0.15, 0.2) is 72.9 Å². The predicted molar refractivity (Wildman–Crippen MR) is 187 cm³/mol. The van der Waals surface area contributed by atoms with Gasteiger partial charge in [-0.2, -0.15) is 17.2 Å². The number of aryl methyl sites for hydroxylation is 1. The Morgan fingerprint density at radius 3 is 1.98 bits per heavy atom. The number of ether oxygens (including phenoxy) is 1. The molecule has 0 N–H and O–H groups in total. The first-order valence-electron chi connectivity index (χ1n) is 16.3. The molecule has 5 nitrogen and oxygen atoms in total. The average molecular weight is 888 g/mol. The first-order valence-corrected chi connectivity index (χ1v) is 16.3. The molecule has 0 aliphatic rings. The molecule has 7 aromatic rings. The maximum Gasteiger partial charge on any atom is 2.00 e. The van der Waals surface area contributed by atoms with E-state index in [-0.39, 0.29) is 43.8 Å². The Kier molecular flexibility index (Phi) is 9.45. The van der Waals surface area contributed by atoms with Crippen LogP contribution in [0.2, 0.25) is 0 Å². The summed E-state index contributed by atoms with van der Waals surface area (Å²) in [5, 5.41) is 6.75. The standard InChI is InChI=1S/C41H33F5N4O.Pt/c1-22-17-18-47-30(19-22)49-28-14-9-8-13-26(28)27-16-15-25(21-29(27)49)51-24-12-10-11-23(20-24)50-39(41(5,6)7)32(38(48-50)40(2,3)4)31-33(42)35(44)37(46)36(45)34(31)43;/h8-19H,1-7H3;/q-2;+2. The molecule has 0 fully saturated rings. The van der Waals surface area contributed by atoms with E-state index in [1.54, 1.807) is 72.0 Å². The largest absolute Gasteiger partial charge is 2.00 e. The van der Waals surface area contributed by atoms with Gasteiger partial charge in [0.05, 0.1) is 17.0 Å². The first kappa shape index (κ1) is 37.0. The van der Waals surface area contributed by atoms with Crippen molar-refractivity contribution in [2.45, 2.75) is 59.3 Å². The molecule has 0 amide bonds. The minimum absolute atomic E-state index is 0. The minimum Gasteiger partial charge on any atom is -0.509 e. The molecular weight excluding hydrogens is 855 g/mol. The molecule has 3 aromatic heterocycles. The van der Waals surface area contributed by atoms with E-state index in [1.165, 1.54) is 4.68 Å². The van der Waals surface area contributed by atoms with Crippen LogP contribution in [0.25, 0.3) is 44.4 Å². The quantitative estimate of drug-likeness (QED) is 0.0749. The molecule has 11 heteroatoms. The van der Waals surface area contributed by atoms with Gasteiger partial charge in [-0.25, -0.2) is 26.9 Å². The van der Waals surface area contributed by atoms with Gasteiger partial charge in [0.15, 0.2) is 23.3 Å². The number of nitrogens with zero attached hydrogens (tertiary/aromatic N) is 4. The summed E-state index contributed by atoms with van der Waals surface area (Å²) in [5.41, 5.74) is 0.510. The number of fused-ring (bicyclic) bond motifs is 3. The topological polar surface area (TPSA) is 44.9 Å². The van der Waals surface area contributed by atoms with Gasteiger partial charge in [-0.1, -0.05) is 65.3 Å². The number of pyridine rings is 1. The molecule has 52 heavy (non-hydrogen) atoms. The van der Waals surface area contributed by atoms with Crippen molar-refractivity contribution in [3.8, 4) is 34.1 Å². The van der Waals surface area contributed by atoms with Crippen molar-refractivity contribution in [2.24, 2.45) is 0 Å². The van der Waals surface area contributed by atoms with Crippen LogP contribution < -0.4 is 4.74 Å². The maximum absolute atomic E-state index is 15.5. The number of para-hydroxylation sites is 1. The second-order valence-corrected chi connectivity index (χ2v) is 14.6. The number of halogens is 5. The summed E-state index contributed by atoms with van der Waals surface area (Å²) in [5.74, 6) is -8.71. The molecule has 0 aliphatic heterocycles. The summed E-state index contributed by atoms with van der Waals surface area (Å²) >= 11 is 0. The number of aromatic nitrogens is 4. The van der Waals surface area contributed by atoms with E-state index in [0.717, 1.165) is 33.2 Å². The van der Waals surface area contributed by atoms with E-state index in [2.05, 4.69) is 17.1 Å². The number of rotatable bonds is 5. The van der Waals surface area contributed by atoms with Crippen molar-refractivity contribution in [1.82, 2.24) is 19.3 Å². The summed E-state index contributed by atoms with van der Waals surface area (Å²) < 4.78 is 84.1. The molecule has 0 saturated carbocycles. The molecule has 0 radical (unpaired) electrons. The molecule has 0 saturated heterocycles. The third-order valence-electron chi connectivity index (χ3n) is 8.65. The summed E-state index contributed by atoms with van der Waals surface area (Å²) in [6.07, 6.45) is 1.76. The molecule has 0 aliphatic carbocycles. The van der Waals surface area contributed by atoms with Crippen LogP contribution in [0.5, 0.6) is 11.5 Å². The first-order chi connectivity index (χ1) is 24.1. The molecule has 0 atom stereocenters. The normalized spacial score (nSPS) is 12.1. The number of benzene rings is 4. The van der Waals surface area contributed by atoms with E-state index in [1.807, 2.05) is 54.0 Å². The number of hydrogen-bond acceptors (Lipinski definition) is 3. The second kappa shape index (κ2) is 13.3. The monoisotopic (exact) mass is 887 g/mol. The fourth-order valence-electron chi connectivity index (χ4n) is 6.42. The van der Waals surface area contributed by atoms with Crippen molar-refractivity contribution in [3.05, 3.63) is 131 Å². The molecule has 3 heterocycles. The van der Waals surface area contributed by atoms with Gasteiger partial charge in [-0.3, -0.25) is 4.68 Å². The molecule has 268 valence electrons. The predicted octanol–water partition coefficient (Wildman–Crippen LogP) is 11.0. The Bertz CT molecular complexity index is 2480. The van der Waals surface area contributed by atoms with E-state index < -0.39 is 45.5 Å². The molecule has 0 bridgehead atoms. The Morgan fingerprint density at radius 1 is 0.673 bits per heavy atom. The van der Waals surface area contributed by atoms with Gasteiger partial charge in [0.25, 0.3) is 0 Å². The maximum atomic E-state index is 15.5. The van der Waals surface area contributed by atoms with Gasteiger partial charge < -0.3 is 9.30 Å². The summed E-state index contributed by atoms with van der Waals surface area (Å²) in [6, 6.07) is 27.4. The second-order valence-electron chi connectivity index (χ2n) is 14.6. The van der Waals surface area contributed by atoms with Crippen molar-refractivity contribution in [3.63, 3.8) is 0 Å². The van der Waals surface area contributed by atoms with Crippen LogP contribution in [0.1, 0.15) is 58.5 Å². The average Bonchev–Trinajstić information content (AvgIpc) is 3.64.